The Morgan fingerprint density at radius 3 is 2.68 bits per heavy atom. The van der Waals surface area contributed by atoms with Crippen LogP contribution in [0, 0.1) is 0 Å². The minimum Gasteiger partial charge on any atom is -0.287 e. The van der Waals surface area contributed by atoms with Crippen LogP contribution in [0.15, 0.2) is 66.3 Å². The fourth-order valence-corrected chi connectivity index (χ4v) is 3.10. The molecule has 0 unspecified atom stereocenters. The lowest BCUT2D eigenvalue weighted by atomic mass is 10.1. The summed E-state index contributed by atoms with van der Waals surface area (Å²) in [6.07, 6.45) is 3.31. The van der Waals surface area contributed by atoms with Gasteiger partial charge in [-0.1, -0.05) is 36.4 Å². The molecule has 4 nitrogen and oxygen atoms in total. The summed E-state index contributed by atoms with van der Waals surface area (Å²) in [5.74, 6) is -0.0392. The molecule has 0 aliphatic carbocycles. The quantitative estimate of drug-likeness (QED) is 0.542. The van der Waals surface area contributed by atoms with Gasteiger partial charge in [0.25, 0.3) is 0 Å². The Hall–Kier alpha value is -2.79. The normalized spacial score (nSPS) is 10.9. The number of nitrogens with zero attached hydrogens (tertiary/aromatic N) is 3. The molecule has 0 radical (unpaired) electrons. The molecule has 3 heterocycles. The lowest BCUT2D eigenvalue weighted by molar-refractivity contribution is 0.104. The van der Waals surface area contributed by atoms with E-state index in [-0.39, 0.29) is 5.78 Å². The number of benzene rings is 1. The van der Waals surface area contributed by atoms with E-state index in [2.05, 4.69) is 10.1 Å². The molecule has 4 aromatic rings. The van der Waals surface area contributed by atoms with Gasteiger partial charge in [0.15, 0.2) is 5.65 Å². The molecular formula is C17H11N3OS. The minimum atomic E-state index is -0.0392. The van der Waals surface area contributed by atoms with Gasteiger partial charge in [-0.3, -0.25) is 4.79 Å². The summed E-state index contributed by atoms with van der Waals surface area (Å²) < 4.78 is 1.72. The van der Waals surface area contributed by atoms with Gasteiger partial charge < -0.3 is 0 Å². The number of rotatable bonds is 3. The Morgan fingerprint density at radius 2 is 1.91 bits per heavy atom. The number of fused-ring (bicyclic) bond motifs is 1. The molecule has 0 saturated heterocycles. The van der Waals surface area contributed by atoms with E-state index in [4.69, 9.17) is 0 Å². The van der Waals surface area contributed by atoms with E-state index in [1.807, 2.05) is 53.9 Å². The summed E-state index contributed by atoms with van der Waals surface area (Å²) in [6, 6.07) is 15.5. The second-order valence-electron chi connectivity index (χ2n) is 4.80. The van der Waals surface area contributed by atoms with Crippen molar-refractivity contribution in [3.05, 3.63) is 76.7 Å². The molecule has 3 aromatic heterocycles. The lowest BCUT2D eigenvalue weighted by Gasteiger charge is -2.04. The smallest absolute Gasteiger partial charge is 0.208 e. The SMILES string of the molecule is O=C(c1cccs1)c1cnn2c(-c3ccccc3)ccnc12. The van der Waals surface area contributed by atoms with Crippen LogP contribution in [0.3, 0.4) is 0 Å². The van der Waals surface area contributed by atoms with Gasteiger partial charge in [0.2, 0.25) is 5.78 Å². The molecule has 4 rings (SSSR count). The average Bonchev–Trinajstić information content (AvgIpc) is 3.24. The first-order valence-electron chi connectivity index (χ1n) is 6.81. The standard InChI is InChI=1S/C17H11N3OS/c21-16(15-7-4-10-22-15)13-11-19-20-14(8-9-18-17(13)20)12-5-2-1-3-6-12/h1-11H. The van der Waals surface area contributed by atoms with Crippen molar-refractivity contribution in [1.29, 1.82) is 0 Å². The molecule has 0 aliphatic heterocycles. The van der Waals surface area contributed by atoms with Gasteiger partial charge in [0, 0.05) is 11.8 Å². The average molecular weight is 305 g/mol. The molecule has 22 heavy (non-hydrogen) atoms. The van der Waals surface area contributed by atoms with Gasteiger partial charge in [0.05, 0.1) is 22.3 Å². The highest BCUT2D eigenvalue weighted by Crippen LogP contribution is 2.23. The number of hydrogen-bond acceptors (Lipinski definition) is 4. The van der Waals surface area contributed by atoms with Crippen LogP contribution in [0.1, 0.15) is 15.2 Å². The van der Waals surface area contributed by atoms with E-state index in [0.717, 1.165) is 11.3 Å². The Morgan fingerprint density at radius 1 is 1.05 bits per heavy atom. The summed E-state index contributed by atoms with van der Waals surface area (Å²) >= 11 is 1.42. The van der Waals surface area contributed by atoms with Crippen molar-refractivity contribution >= 4 is 22.8 Å². The number of thiophene rings is 1. The Labute approximate surface area is 130 Å². The number of aromatic nitrogens is 3. The molecule has 0 bridgehead atoms. The maximum absolute atomic E-state index is 12.5. The maximum atomic E-state index is 12.5. The number of carbonyl (C=O) groups excluding carboxylic acids is 1. The minimum absolute atomic E-state index is 0.0392. The number of ketones is 1. The number of hydrogen-bond donors (Lipinski definition) is 0. The second kappa shape index (κ2) is 5.20. The van der Waals surface area contributed by atoms with Crippen molar-refractivity contribution in [2.24, 2.45) is 0 Å². The van der Waals surface area contributed by atoms with Crippen molar-refractivity contribution in [3.63, 3.8) is 0 Å². The molecule has 1 aromatic carbocycles. The zero-order valence-corrected chi connectivity index (χ0v) is 12.3. The van der Waals surface area contributed by atoms with Crippen LogP contribution in [0.25, 0.3) is 16.9 Å². The van der Waals surface area contributed by atoms with E-state index >= 15 is 0 Å². The molecule has 0 spiro atoms. The molecule has 0 N–H and O–H groups in total. The van der Waals surface area contributed by atoms with Gasteiger partial charge in [-0.2, -0.15) is 5.10 Å². The topological polar surface area (TPSA) is 47.3 Å². The molecule has 0 fully saturated rings. The van der Waals surface area contributed by atoms with Crippen LogP contribution in [0.4, 0.5) is 0 Å². The predicted molar refractivity (Wildman–Crippen MR) is 86.2 cm³/mol. The summed E-state index contributed by atoms with van der Waals surface area (Å²) in [5, 5.41) is 6.25. The third-order valence-corrected chi connectivity index (χ3v) is 4.33. The van der Waals surface area contributed by atoms with Crippen molar-refractivity contribution in [3.8, 4) is 11.3 Å². The third kappa shape index (κ3) is 2.03. The zero-order valence-electron chi connectivity index (χ0n) is 11.5. The van der Waals surface area contributed by atoms with Crippen LogP contribution >= 0.6 is 11.3 Å². The van der Waals surface area contributed by atoms with Crippen molar-refractivity contribution in [2.75, 3.05) is 0 Å². The van der Waals surface area contributed by atoms with E-state index < -0.39 is 0 Å². The van der Waals surface area contributed by atoms with Crippen molar-refractivity contribution in [2.45, 2.75) is 0 Å². The number of carbonyl (C=O) groups is 1. The lowest BCUT2D eigenvalue weighted by Crippen LogP contribution is -2.00. The highest BCUT2D eigenvalue weighted by molar-refractivity contribution is 7.12. The first-order chi connectivity index (χ1) is 10.8. The zero-order chi connectivity index (χ0) is 14.9. The largest absolute Gasteiger partial charge is 0.287 e. The maximum Gasteiger partial charge on any atom is 0.208 e. The van der Waals surface area contributed by atoms with Crippen LogP contribution in [0.2, 0.25) is 0 Å². The second-order valence-corrected chi connectivity index (χ2v) is 5.74. The van der Waals surface area contributed by atoms with Gasteiger partial charge in [-0.05, 0) is 17.5 Å². The predicted octanol–water partition coefficient (Wildman–Crippen LogP) is 3.69. The molecule has 0 atom stereocenters. The van der Waals surface area contributed by atoms with Gasteiger partial charge in [-0.15, -0.1) is 11.3 Å². The molecule has 5 heteroatoms. The monoisotopic (exact) mass is 305 g/mol. The summed E-state index contributed by atoms with van der Waals surface area (Å²) in [5.41, 5.74) is 3.06. The highest BCUT2D eigenvalue weighted by Gasteiger charge is 2.18. The summed E-state index contributed by atoms with van der Waals surface area (Å²) in [4.78, 5) is 17.6. The van der Waals surface area contributed by atoms with Crippen LogP contribution in [0.5, 0.6) is 0 Å². The van der Waals surface area contributed by atoms with Crippen LogP contribution < -0.4 is 0 Å². The Balaban J connectivity index is 1.89. The van der Waals surface area contributed by atoms with E-state index in [0.29, 0.717) is 16.1 Å². The van der Waals surface area contributed by atoms with Gasteiger partial charge >= 0.3 is 0 Å². The van der Waals surface area contributed by atoms with E-state index in [9.17, 15) is 4.79 Å². The van der Waals surface area contributed by atoms with E-state index in [1.54, 1.807) is 16.9 Å². The molecule has 0 amide bonds. The summed E-state index contributed by atoms with van der Waals surface area (Å²) in [6.45, 7) is 0. The molecular weight excluding hydrogens is 294 g/mol. The van der Waals surface area contributed by atoms with Crippen molar-refractivity contribution < 1.29 is 4.79 Å². The molecule has 106 valence electrons. The highest BCUT2D eigenvalue weighted by atomic mass is 32.1. The van der Waals surface area contributed by atoms with E-state index in [1.165, 1.54) is 11.3 Å². The fourth-order valence-electron chi connectivity index (χ4n) is 2.42. The van der Waals surface area contributed by atoms with Gasteiger partial charge in [0.1, 0.15) is 0 Å². The third-order valence-electron chi connectivity index (χ3n) is 3.46. The van der Waals surface area contributed by atoms with Gasteiger partial charge in [-0.25, -0.2) is 9.50 Å². The molecule has 0 saturated carbocycles. The van der Waals surface area contributed by atoms with Crippen LogP contribution in [-0.2, 0) is 0 Å². The molecule has 0 aliphatic rings. The first-order valence-corrected chi connectivity index (χ1v) is 7.69. The Bertz CT molecular complexity index is 943. The first kappa shape index (κ1) is 12.9. The fraction of sp³-hybridized carbons (Fsp3) is 0. The Kier molecular flexibility index (Phi) is 3.05. The van der Waals surface area contributed by atoms with Crippen LogP contribution in [-0.4, -0.2) is 20.4 Å². The summed E-state index contributed by atoms with van der Waals surface area (Å²) in [7, 11) is 0. The van der Waals surface area contributed by atoms with Crippen molar-refractivity contribution in [1.82, 2.24) is 14.6 Å².